The first-order chi connectivity index (χ1) is 9.06. The molecule has 0 spiro atoms. The van der Waals surface area contributed by atoms with E-state index in [4.69, 9.17) is 11.6 Å². The number of anilines is 1. The summed E-state index contributed by atoms with van der Waals surface area (Å²) >= 11 is 5.68. The Labute approximate surface area is 118 Å². The molecule has 0 fully saturated rings. The molecule has 5 heteroatoms. The van der Waals surface area contributed by atoms with Crippen molar-refractivity contribution in [3.8, 4) is 0 Å². The summed E-state index contributed by atoms with van der Waals surface area (Å²) in [6, 6.07) is 4.16. The van der Waals surface area contributed by atoms with Crippen molar-refractivity contribution < 1.29 is 9.18 Å². The second-order valence-corrected chi connectivity index (χ2v) is 4.87. The first kappa shape index (κ1) is 15.8. The average molecular weight is 287 g/mol. The summed E-state index contributed by atoms with van der Waals surface area (Å²) in [6.07, 6.45) is 3.16. The number of carbonyl (C=O) groups is 1. The maximum atomic E-state index is 13.7. The standard InChI is InChI=1S/C14H20ClFN2O/c1-3-4-5-9-17-14(19)10(2)18-12-8-6-7-11(15)13(12)16/h6-8,10,18H,3-5,9H2,1-2H3,(H,17,19). The van der Waals surface area contributed by atoms with E-state index in [0.717, 1.165) is 19.3 Å². The van der Waals surface area contributed by atoms with Gasteiger partial charge in [0.25, 0.3) is 0 Å². The fourth-order valence-electron chi connectivity index (χ4n) is 1.65. The molecule has 1 aromatic carbocycles. The van der Waals surface area contributed by atoms with Crippen molar-refractivity contribution >= 4 is 23.2 Å². The third-order valence-electron chi connectivity index (χ3n) is 2.80. The van der Waals surface area contributed by atoms with Gasteiger partial charge in [0.1, 0.15) is 6.04 Å². The van der Waals surface area contributed by atoms with Crippen molar-refractivity contribution in [2.45, 2.75) is 39.2 Å². The lowest BCUT2D eigenvalue weighted by atomic mass is 10.2. The predicted molar refractivity (Wildman–Crippen MR) is 77.0 cm³/mol. The van der Waals surface area contributed by atoms with Crippen LogP contribution in [0.1, 0.15) is 33.1 Å². The average Bonchev–Trinajstić information content (AvgIpc) is 2.39. The van der Waals surface area contributed by atoms with Gasteiger partial charge in [-0.2, -0.15) is 0 Å². The molecule has 19 heavy (non-hydrogen) atoms. The van der Waals surface area contributed by atoms with Crippen LogP contribution in [0.5, 0.6) is 0 Å². The monoisotopic (exact) mass is 286 g/mol. The summed E-state index contributed by atoms with van der Waals surface area (Å²) in [4.78, 5) is 11.8. The zero-order valence-electron chi connectivity index (χ0n) is 11.3. The van der Waals surface area contributed by atoms with Crippen LogP contribution < -0.4 is 10.6 Å². The van der Waals surface area contributed by atoms with Gasteiger partial charge in [0, 0.05) is 6.54 Å². The Balaban J connectivity index is 2.47. The van der Waals surface area contributed by atoms with E-state index < -0.39 is 11.9 Å². The zero-order valence-corrected chi connectivity index (χ0v) is 12.1. The normalized spacial score (nSPS) is 12.0. The minimum Gasteiger partial charge on any atom is -0.371 e. The summed E-state index contributed by atoms with van der Waals surface area (Å²) < 4.78 is 13.7. The molecule has 3 nitrogen and oxygen atoms in total. The molecular formula is C14H20ClFN2O. The number of rotatable bonds is 7. The molecule has 0 aliphatic heterocycles. The topological polar surface area (TPSA) is 41.1 Å². The number of benzene rings is 1. The SMILES string of the molecule is CCCCCNC(=O)C(C)Nc1cccc(Cl)c1F. The molecule has 0 bridgehead atoms. The number of unbranched alkanes of at least 4 members (excludes halogenated alkanes) is 2. The van der Waals surface area contributed by atoms with Gasteiger partial charge in [0.15, 0.2) is 5.82 Å². The molecule has 2 N–H and O–H groups in total. The van der Waals surface area contributed by atoms with E-state index in [2.05, 4.69) is 17.6 Å². The molecule has 0 saturated carbocycles. The smallest absolute Gasteiger partial charge is 0.242 e. The van der Waals surface area contributed by atoms with Gasteiger partial charge >= 0.3 is 0 Å². The van der Waals surface area contributed by atoms with Crippen molar-refractivity contribution in [1.82, 2.24) is 5.32 Å². The van der Waals surface area contributed by atoms with Crippen LogP contribution in [0.3, 0.4) is 0 Å². The van der Waals surface area contributed by atoms with Gasteiger partial charge in [-0.3, -0.25) is 4.79 Å². The molecule has 1 aromatic rings. The number of nitrogens with one attached hydrogen (secondary N) is 2. The molecule has 0 saturated heterocycles. The summed E-state index contributed by atoms with van der Waals surface area (Å²) in [5, 5.41) is 5.68. The Bertz CT molecular complexity index is 426. The Morgan fingerprint density at radius 3 is 2.84 bits per heavy atom. The molecule has 0 heterocycles. The largest absolute Gasteiger partial charge is 0.371 e. The number of hydrogen-bond acceptors (Lipinski definition) is 2. The van der Waals surface area contributed by atoms with E-state index in [0.29, 0.717) is 6.54 Å². The number of hydrogen-bond donors (Lipinski definition) is 2. The fraction of sp³-hybridized carbons (Fsp3) is 0.500. The van der Waals surface area contributed by atoms with Crippen molar-refractivity contribution in [1.29, 1.82) is 0 Å². The van der Waals surface area contributed by atoms with Gasteiger partial charge in [-0.05, 0) is 25.5 Å². The van der Waals surface area contributed by atoms with Crippen LogP contribution >= 0.6 is 11.6 Å². The molecule has 0 aliphatic rings. The Morgan fingerprint density at radius 1 is 1.42 bits per heavy atom. The molecule has 1 atom stereocenters. The highest BCUT2D eigenvalue weighted by Crippen LogP contribution is 2.22. The Kier molecular flexibility index (Phi) is 6.64. The van der Waals surface area contributed by atoms with Crippen LogP contribution in [0, 0.1) is 5.82 Å². The third-order valence-corrected chi connectivity index (χ3v) is 3.09. The zero-order chi connectivity index (χ0) is 14.3. The second kappa shape index (κ2) is 8.00. The first-order valence-electron chi connectivity index (χ1n) is 6.54. The number of halogens is 2. The van der Waals surface area contributed by atoms with Crippen molar-refractivity contribution in [3.63, 3.8) is 0 Å². The maximum absolute atomic E-state index is 13.7. The van der Waals surface area contributed by atoms with Gasteiger partial charge in [0.05, 0.1) is 10.7 Å². The molecule has 0 radical (unpaired) electrons. The van der Waals surface area contributed by atoms with Crippen LogP contribution in [0.25, 0.3) is 0 Å². The van der Waals surface area contributed by atoms with Crippen LogP contribution in [0.15, 0.2) is 18.2 Å². The molecule has 1 unspecified atom stereocenters. The first-order valence-corrected chi connectivity index (χ1v) is 6.92. The van der Waals surface area contributed by atoms with Crippen molar-refractivity contribution in [3.05, 3.63) is 29.0 Å². The van der Waals surface area contributed by atoms with Crippen LogP contribution in [0.4, 0.5) is 10.1 Å². The minimum atomic E-state index is -0.533. The molecule has 0 aromatic heterocycles. The maximum Gasteiger partial charge on any atom is 0.242 e. The van der Waals surface area contributed by atoms with Gasteiger partial charge in [-0.25, -0.2) is 4.39 Å². The highest BCUT2D eigenvalue weighted by molar-refractivity contribution is 6.31. The van der Waals surface area contributed by atoms with E-state index in [1.165, 1.54) is 6.07 Å². The highest BCUT2D eigenvalue weighted by atomic mass is 35.5. The van der Waals surface area contributed by atoms with Crippen molar-refractivity contribution in [2.24, 2.45) is 0 Å². The van der Waals surface area contributed by atoms with Crippen LogP contribution in [-0.2, 0) is 4.79 Å². The second-order valence-electron chi connectivity index (χ2n) is 4.47. The molecule has 1 amide bonds. The summed E-state index contributed by atoms with van der Waals surface area (Å²) in [5.41, 5.74) is 0.240. The Morgan fingerprint density at radius 2 is 2.16 bits per heavy atom. The summed E-state index contributed by atoms with van der Waals surface area (Å²) in [7, 11) is 0. The van der Waals surface area contributed by atoms with E-state index in [1.54, 1.807) is 19.1 Å². The van der Waals surface area contributed by atoms with E-state index in [-0.39, 0.29) is 16.6 Å². The molecule has 0 aliphatic carbocycles. The van der Waals surface area contributed by atoms with Gasteiger partial charge in [-0.15, -0.1) is 0 Å². The fourth-order valence-corrected chi connectivity index (χ4v) is 1.83. The quantitative estimate of drug-likeness (QED) is 0.752. The van der Waals surface area contributed by atoms with Gasteiger partial charge in [0.2, 0.25) is 5.91 Å². The van der Waals surface area contributed by atoms with E-state index in [1.807, 2.05) is 0 Å². The minimum absolute atomic E-state index is 0.0422. The number of carbonyl (C=O) groups excluding carboxylic acids is 1. The lowest BCUT2D eigenvalue weighted by molar-refractivity contribution is -0.121. The van der Waals surface area contributed by atoms with Crippen molar-refractivity contribution in [2.75, 3.05) is 11.9 Å². The summed E-state index contributed by atoms with van der Waals surface area (Å²) in [5.74, 6) is -0.676. The van der Waals surface area contributed by atoms with Gasteiger partial charge < -0.3 is 10.6 Å². The third kappa shape index (κ3) is 5.07. The van der Waals surface area contributed by atoms with Gasteiger partial charge in [-0.1, -0.05) is 37.4 Å². The summed E-state index contributed by atoms with van der Waals surface area (Å²) in [6.45, 7) is 4.44. The molecule has 1 rings (SSSR count). The van der Waals surface area contributed by atoms with E-state index >= 15 is 0 Å². The highest BCUT2D eigenvalue weighted by Gasteiger charge is 2.14. The molecule has 106 valence electrons. The van der Waals surface area contributed by atoms with Crippen LogP contribution in [0.2, 0.25) is 5.02 Å². The van der Waals surface area contributed by atoms with E-state index in [9.17, 15) is 9.18 Å². The Hall–Kier alpha value is -1.29. The molecular weight excluding hydrogens is 267 g/mol. The predicted octanol–water partition coefficient (Wildman–Crippen LogP) is 3.59. The number of amides is 1. The lowest BCUT2D eigenvalue weighted by Gasteiger charge is -2.16. The van der Waals surface area contributed by atoms with Crippen LogP contribution in [-0.4, -0.2) is 18.5 Å². The lowest BCUT2D eigenvalue weighted by Crippen LogP contribution is -2.38.